The third kappa shape index (κ3) is 3.80. The smallest absolute Gasteiger partial charge is 0.0251 e. The van der Waals surface area contributed by atoms with Crippen LogP contribution in [0.25, 0.3) is 0 Å². The second-order valence-corrected chi connectivity index (χ2v) is 8.44. The molecular formula is C20H42. The van der Waals surface area contributed by atoms with Gasteiger partial charge in [-0.1, -0.05) is 69.2 Å². The standard InChI is InChI=1S/C10H20.C9H18.CH4/c1-8(2)10(9(3)4)6-5-7-10;1-7(2)9(5-6-9)8(3)4;/h8-9H,5-7H2,1-4H3;7-8H,5-6H2,1-4H3;1H4. The summed E-state index contributed by atoms with van der Waals surface area (Å²) >= 11 is 0. The highest BCUT2D eigenvalue weighted by atomic mass is 14.5. The van der Waals surface area contributed by atoms with E-state index in [1.54, 1.807) is 0 Å². The predicted molar refractivity (Wildman–Crippen MR) is 94.0 cm³/mol. The molecule has 0 heterocycles. The van der Waals surface area contributed by atoms with Crippen molar-refractivity contribution in [2.45, 2.75) is 94.9 Å². The summed E-state index contributed by atoms with van der Waals surface area (Å²) in [5.41, 5.74) is 1.47. The Morgan fingerprint density at radius 3 is 0.750 bits per heavy atom. The molecule has 0 atom stereocenters. The van der Waals surface area contributed by atoms with Crippen LogP contribution in [0.2, 0.25) is 0 Å². The highest BCUT2D eigenvalue weighted by molar-refractivity contribution is 4.97. The summed E-state index contributed by atoms with van der Waals surface area (Å²) in [6.45, 7) is 18.9. The first-order valence-electron chi connectivity index (χ1n) is 8.69. The van der Waals surface area contributed by atoms with Gasteiger partial charge in [-0.25, -0.2) is 0 Å². The Labute approximate surface area is 130 Å². The Hall–Kier alpha value is 0. The Balaban J connectivity index is 0.000000345. The summed E-state index contributed by atoms with van der Waals surface area (Å²) in [7, 11) is 0. The lowest BCUT2D eigenvalue weighted by Gasteiger charge is -2.49. The molecule has 0 nitrogen and oxygen atoms in total. The van der Waals surface area contributed by atoms with Crippen LogP contribution in [0.4, 0.5) is 0 Å². The molecule has 0 aromatic rings. The molecule has 0 N–H and O–H groups in total. The molecule has 0 saturated heterocycles. The first-order chi connectivity index (χ1) is 8.69. The third-order valence-corrected chi connectivity index (χ3v) is 6.71. The van der Waals surface area contributed by atoms with Crippen LogP contribution in [0.5, 0.6) is 0 Å². The van der Waals surface area contributed by atoms with E-state index < -0.39 is 0 Å². The Morgan fingerprint density at radius 1 is 0.500 bits per heavy atom. The van der Waals surface area contributed by atoms with Gasteiger partial charge in [0.1, 0.15) is 0 Å². The third-order valence-electron chi connectivity index (χ3n) is 6.71. The summed E-state index contributed by atoms with van der Waals surface area (Å²) in [5, 5.41) is 0. The van der Waals surface area contributed by atoms with Crippen LogP contribution < -0.4 is 0 Å². The molecule has 2 fully saturated rings. The summed E-state index contributed by atoms with van der Waals surface area (Å²) in [6, 6.07) is 0. The molecule has 0 aromatic carbocycles. The van der Waals surface area contributed by atoms with Crippen molar-refractivity contribution in [3.63, 3.8) is 0 Å². The largest absolute Gasteiger partial charge is 0.0776 e. The molecule has 0 aliphatic heterocycles. The number of rotatable bonds is 4. The fourth-order valence-corrected chi connectivity index (χ4v) is 4.37. The fourth-order valence-electron chi connectivity index (χ4n) is 4.37. The molecule has 2 aliphatic rings. The van der Waals surface area contributed by atoms with Crippen molar-refractivity contribution in [2.75, 3.05) is 0 Å². The molecule has 2 rings (SSSR count). The lowest BCUT2D eigenvalue weighted by molar-refractivity contribution is 0.0135. The highest BCUT2D eigenvalue weighted by Crippen LogP contribution is 2.57. The van der Waals surface area contributed by atoms with E-state index in [0.717, 1.165) is 34.5 Å². The van der Waals surface area contributed by atoms with Gasteiger partial charge in [0.15, 0.2) is 0 Å². The van der Waals surface area contributed by atoms with Gasteiger partial charge in [-0.2, -0.15) is 0 Å². The summed E-state index contributed by atoms with van der Waals surface area (Å²) in [6.07, 6.45) is 7.37. The van der Waals surface area contributed by atoms with Crippen molar-refractivity contribution in [1.29, 1.82) is 0 Å². The average molecular weight is 283 g/mol. The van der Waals surface area contributed by atoms with E-state index in [4.69, 9.17) is 0 Å². The van der Waals surface area contributed by atoms with Gasteiger partial charge in [-0.05, 0) is 60.2 Å². The van der Waals surface area contributed by atoms with Crippen LogP contribution in [-0.2, 0) is 0 Å². The molecule has 0 heteroatoms. The molecule has 2 aliphatic carbocycles. The second kappa shape index (κ2) is 7.32. The van der Waals surface area contributed by atoms with Crippen LogP contribution in [0.3, 0.4) is 0 Å². The van der Waals surface area contributed by atoms with Gasteiger partial charge in [0.25, 0.3) is 0 Å². The second-order valence-electron chi connectivity index (χ2n) is 8.44. The summed E-state index contributed by atoms with van der Waals surface area (Å²) in [4.78, 5) is 0. The SMILES string of the molecule is C.CC(C)C1(C(C)C)CC1.CC(C)C1(C(C)C)CCC1. The maximum Gasteiger partial charge on any atom is -0.0251 e. The van der Waals surface area contributed by atoms with E-state index in [1.165, 1.54) is 32.1 Å². The van der Waals surface area contributed by atoms with E-state index in [0.29, 0.717) is 0 Å². The molecule has 20 heavy (non-hydrogen) atoms. The van der Waals surface area contributed by atoms with Gasteiger partial charge < -0.3 is 0 Å². The van der Waals surface area contributed by atoms with Gasteiger partial charge in [0.05, 0.1) is 0 Å². The predicted octanol–water partition coefficient (Wildman–Crippen LogP) is 7.18. The molecule has 0 amide bonds. The van der Waals surface area contributed by atoms with Crippen molar-refractivity contribution in [3.8, 4) is 0 Å². The minimum absolute atomic E-state index is 0. The first-order valence-corrected chi connectivity index (χ1v) is 8.69. The molecule has 0 unspecified atom stereocenters. The minimum atomic E-state index is 0. The van der Waals surface area contributed by atoms with Crippen molar-refractivity contribution < 1.29 is 0 Å². The molecule has 0 radical (unpaired) electrons. The maximum absolute atomic E-state index is 2.37. The Bertz CT molecular complexity index is 242. The Morgan fingerprint density at radius 2 is 0.750 bits per heavy atom. The monoisotopic (exact) mass is 282 g/mol. The fraction of sp³-hybridized carbons (Fsp3) is 1.00. The Kier molecular flexibility index (Phi) is 7.32. The van der Waals surface area contributed by atoms with Gasteiger partial charge in [-0.3, -0.25) is 0 Å². The minimum Gasteiger partial charge on any atom is -0.0776 e. The molecule has 0 aromatic heterocycles. The van der Waals surface area contributed by atoms with Crippen LogP contribution >= 0.6 is 0 Å². The van der Waals surface area contributed by atoms with Gasteiger partial charge in [-0.15, -0.1) is 0 Å². The first kappa shape index (κ1) is 20.0. The molecule has 2 saturated carbocycles. The number of hydrogen-bond acceptors (Lipinski definition) is 0. The van der Waals surface area contributed by atoms with Crippen LogP contribution in [0, 0.1) is 34.5 Å². The zero-order valence-electron chi connectivity index (χ0n) is 14.8. The van der Waals surface area contributed by atoms with E-state index in [-0.39, 0.29) is 7.43 Å². The van der Waals surface area contributed by atoms with Gasteiger partial charge in [0.2, 0.25) is 0 Å². The van der Waals surface area contributed by atoms with Crippen LogP contribution in [0.1, 0.15) is 94.9 Å². The van der Waals surface area contributed by atoms with Crippen molar-refractivity contribution >= 4 is 0 Å². The lowest BCUT2D eigenvalue weighted by Crippen LogP contribution is -2.39. The zero-order chi connectivity index (χ0) is 14.8. The van der Waals surface area contributed by atoms with Gasteiger partial charge in [0, 0.05) is 0 Å². The van der Waals surface area contributed by atoms with E-state index in [2.05, 4.69) is 55.4 Å². The molecule has 0 bridgehead atoms. The molecule has 122 valence electrons. The van der Waals surface area contributed by atoms with E-state index >= 15 is 0 Å². The number of hydrogen-bond donors (Lipinski definition) is 0. The van der Waals surface area contributed by atoms with Crippen molar-refractivity contribution in [3.05, 3.63) is 0 Å². The van der Waals surface area contributed by atoms with Crippen molar-refractivity contribution in [2.24, 2.45) is 34.5 Å². The normalized spacial score (nSPS) is 22.2. The van der Waals surface area contributed by atoms with E-state index in [9.17, 15) is 0 Å². The van der Waals surface area contributed by atoms with Crippen molar-refractivity contribution in [1.82, 2.24) is 0 Å². The quantitative estimate of drug-likeness (QED) is 0.512. The topological polar surface area (TPSA) is 0 Å². The average Bonchev–Trinajstić information content (AvgIpc) is 2.94. The molecule has 0 spiro atoms. The maximum atomic E-state index is 2.37. The zero-order valence-corrected chi connectivity index (χ0v) is 14.8. The molecular weight excluding hydrogens is 240 g/mol. The lowest BCUT2D eigenvalue weighted by atomic mass is 9.56. The van der Waals surface area contributed by atoms with E-state index in [1.807, 2.05) is 0 Å². The van der Waals surface area contributed by atoms with Gasteiger partial charge >= 0.3 is 0 Å². The van der Waals surface area contributed by atoms with Crippen LogP contribution in [0.15, 0.2) is 0 Å². The summed E-state index contributed by atoms with van der Waals surface area (Å²) in [5.74, 6) is 3.58. The summed E-state index contributed by atoms with van der Waals surface area (Å²) < 4.78 is 0. The van der Waals surface area contributed by atoms with Crippen LogP contribution in [-0.4, -0.2) is 0 Å². The highest BCUT2D eigenvalue weighted by Gasteiger charge is 2.47.